The molecular formula is C15H14ClNO2S2. The Morgan fingerprint density at radius 1 is 1.24 bits per heavy atom. The van der Waals surface area contributed by atoms with Crippen molar-refractivity contribution in [2.45, 2.75) is 15.8 Å². The van der Waals surface area contributed by atoms with Crippen LogP contribution in [0.2, 0.25) is 5.02 Å². The van der Waals surface area contributed by atoms with Gasteiger partial charge in [-0.25, -0.2) is 8.42 Å². The monoisotopic (exact) mass is 339 g/mol. The molecule has 1 heterocycles. The van der Waals surface area contributed by atoms with Crippen LogP contribution in [0, 0.1) is 0 Å². The molecule has 0 amide bonds. The molecule has 6 heteroatoms. The third-order valence-corrected chi connectivity index (χ3v) is 6.02. The molecule has 21 heavy (non-hydrogen) atoms. The van der Waals surface area contributed by atoms with E-state index in [0.717, 1.165) is 5.75 Å². The van der Waals surface area contributed by atoms with E-state index >= 15 is 0 Å². The summed E-state index contributed by atoms with van der Waals surface area (Å²) in [5.41, 5.74) is 1.88. The average molecular weight is 340 g/mol. The first-order chi connectivity index (χ1) is 9.95. The van der Waals surface area contributed by atoms with Crippen molar-refractivity contribution >= 4 is 38.9 Å². The van der Waals surface area contributed by atoms with Crippen LogP contribution < -0.4 is 5.32 Å². The highest BCUT2D eigenvalue weighted by Crippen LogP contribution is 2.40. The summed E-state index contributed by atoms with van der Waals surface area (Å²) in [4.78, 5) is 1.53. The van der Waals surface area contributed by atoms with Gasteiger partial charge >= 0.3 is 0 Å². The zero-order valence-corrected chi connectivity index (χ0v) is 13.7. The fourth-order valence-electron chi connectivity index (χ4n) is 2.32. The molecule has 1 aliphatic rings. The van der Waals surface area contributed by atoms with E-state index in [-0.39, 0.29) is 10.9 Å². The molecule has 3 nitrogen and oxygen atoms in total. The minimum Gasteiger partial charge on any atom is -0.376 e. The fraction of sp³-hybridized carbons (Fsp3) is 0.200. The number of benzene rings is 2. The highest BCUT2D eigenvalue weighted by atomic mass is 35.5. The Morgan fingerprint density at radius 3 is 2.76 bits per heavy atom. The van der Waals surface area contributed by atoms with Crippen LogP contribution in [0.3, 0.4) is 0 Å². The van der Waals surface area contributed by atoms with Crippen LogP contribution in [0.5, 0.6) is 0 Å². The van der Waals surface area contributed by atoms with Gasteiger partial charge in [0.15, 0.2) is 9.84 Å². The van der Waals surface area contributed by atoms with Crippen molar-refractivity contribution in [1.82, 2.24) is 0 Å². The third kappa shape index (κ3) is 3.05. The third-order valence-electron chi connectivity index (χ3n) is 3.40. The zero-order valence-electron chi connectivity index (χ0n) is 11.3. The molecule has 2 aromatic rings. The molecule has 1 N–H and O–H groups in total. The quantitative estimate of drug-likeness (QED) is 0.918. The van der Waals surface area contributed by atoms with Crippen molar-refractivity contribution in [3.05, 3.63) is 53.1 Å². The second-order valence-corrected chi connectivity index (χ2v) is 8.44. The van der Waals surface area contributed by atoms with E-state index in [0.29, 0.717) is 10.7 Å². The van der Waals surface area contributed by atoms with Crippen LogP contribution in [0.4, 0.5) is 5.69 Å². The molecule has 1 unspecified atom stereocenters. The van der Waals surface area contributed by atoms with Crippen molar-refractivity contribution in [2.75, 3.05) is 17.3 Å². The lowest BCUT2D eigenvalue weighted by molar-refractivity contribution is 0.602. The van der Waals surface area contributed by atoms with Gasteiger partial charge in [0, 0.05) is 16.9 Å². The Kier molecular flexibility index (Phi) is 3.90. The van der Waals surface area contributed by atoms with Crippen LogP contribution in [-0.2, 0) is 9.84 Å². The molecule has 3 rings (SSSR count). The second-order valence-electron chi connectivity index (χ2n) is 4.96. The molecule has 0 bridgehead atoms. The van der Waals surface area contributed by atoms with Gasteiger partial charge in [-0.05, 0) is 29.8 Å². The Bertz CT molecular complexity index is 790. The van der Waals surface area contributed by atoms with Gasteiger partial charge in [0.05, 0.1) is 21.6 Å². The molecular weight excluding hydrogens is 326 g/mol. The predicted molar refractivity (Wildman–Crippen MR) is 88.1 cm³/mol. The average Bonchev–Trinajstić information content (AvgIpc) is 2.83. The van der Waals surface area contributed by atoms with Crippen molar-refractivity contribution in [2.24, 2.45) is 0 Å². The van der Waals surface area contributed by atoms with Crippen molar-refractivity contribution in [3.8, 4) is 0 Å². The smallest absolute Gasteiger partial charge is 0.175 e. The first-order valence-electron chi connectivity index (χ1n) is 6.43. The number of hydrogen-bond donors (Lipinski definition) is 1. The van der Waals surface area contributed by atoms with Crippen LogP contribution >= 0.6 is 23.4 Å². The maximum Gasteiger partial charge on any atom is 0.175 e. The summed E-state index contributed by atoms with van der Waals surface area (Å²) in [5.74, 6) is 0.902. The van der Waals surface area contributed by atoms with Crippen molar-refractivity contribution in [3.63, 3.8) is 0 Å². The minimum atomic E-state index is -3.24. The van der Waals surface area contributed by atoms with E-state index in [1.54, 1.807) is 23.9 Å². The van der Waals surface area contributed by atoms with Gasteiger partial charge in [0.25, 0.3) is 0 Å². The first kappa shape index (κ1) is 14.8. The van der Waals surface area contributed by atoms with Gasteiger partial charge in [0.2, 0.25) is 0 Å². The summed E-state index contributed by atoms with van der Waals surface area (Å²) in [7, 11) is -3.24. The first-order valence-corrected chi connectivity index (χ1v) is 9.68. The van der Waals surface area contributed by atoms with E-state index in [1.165, 1.54) is 22.8 Å². The maximum absolute atomic E-state index is 11.7. The lowest BCUT2D eigenvalue weighted by Gasteiger charge is -2.16. The van der Waals surface area contributed by atoms with Gasteiger partial charge in [-0.1, -0.05) is 29.8 Å². The number of fused-ring (bicyclic) bond motifs is 1. The summed E-state index contributed by atoms with van der Waals surface area (Å²) in [6, 6.07) is 13.1. The summed E-state index contributed by atoms with van der Waals surface area (Å²) in [6.07, 6.45) is 1.20. The second kappa shape index (κ2) is 5.55. The van der Waals surface area contributed by atoms with E-state index in [4.69, 9.17) is 11.6 Å². The topological polar surface area (TPSA) is 46.2 Å². The standard InChI is InChI=1S/C15H14ClNO2S2/c1-21(18,19)10-6-7-12(16)13(8-10)17-14-9-20-15-5-3-2-4-11(14)15/h2-8,14,17H,9H2,1H3. The van der Waals surface area contributed by atoms with Gasteiger partial charge < -0.3 is 5.32 Å². The van der Waals surface area contributed by atoms with Gasteiger partial charge in [-0.15, -0.1) is 11.8 Å². The highest BCUT2D eigenvalue weighted by Gasteiger charge is 2.23. The normalized spacial score (nSPS) is 17.5. The van der Waals surface area contributed by atoms with E-state index < -0.39 is 9.84 Å². The Hall–Kier alpha value is -1.17. The Labute approximate surface area is 133 Å². The fourth-order valence-corrected chi connectivity index (χ4v) is 4.30. The van der Waals surface area contributed by atoms with Crippen LogP contribution in [-0.4, -0.2) is 20.4 Å². The van der Waals surface area contributed by atoms with Crippen molar-refractivity contribution in [1.29, 1.82) is 0 Å². The Morgan fingerprint density at radius 2 is 2.00 bits per heavy atom. The van der Waals surface area contributed by atoms with Crippen molar-refractivity contribution < 1.29 is 8.42 Å². The minimum absolute atomic E-state index is 0.138. The molecule has 1 aliphatic heterocycles. The van der Waals surface area contributed by atoms with Crippen LogP contribution in [0.25, 0.3) is 0 Å². The molecule has 0 saturated heterocycles. The zero-order chi connectivity index (χ0) is 15.0. The predicted octanol–water partition coefficient (Wildman–Crippen LogP) is 4.00. The molecule has 0 fully saturated rings. The number of thioether (sulfide) groups is 1. The Balaban J connectivity index is 1.93. The molecule has 0 radical (unpaired) electrons. The SMILES string of the molecule is CS(=O)(=O)c1ccc(Cl)c(NC2CSc3ccccc32)c1. The highest BCUT2D eigenvalue weighted by molar-refractivity contribution is 7.99. The summed E-state index contributed by atoms with van der Waals surface area (Å²) >= 11 is 7.97. The number of sulfone groups is 1. The van der Waals surface area contributed by atoms with Crippen LogP contribution in [0.15, 0.2) is 52.3 Å². The molecule has 110 valence electrons. The molecule has 0 aromatic heterocycles. The van der Waals surface area contributed by atoms with E-state index in [2.05, 4.69) is 17.4 Å². The number of halogens is 1. The summed E-state index contributed by atoms with van der Waals surface area (Å²) in [5, 5.41) is 3.89. The number of anilines is 1. The summed E-state index contributed by atoms with van der Waals surface area (Å²) in [6.45, 7) is 0. The number of rotatable bonds is 3. The van der Waals surface area contributed by atoms with Gasteiger partial charge in [-0.3, -0.25) is 0 Å². The van der Waals surface area contributed by atoms with Gasteiger partial charge in [0.1, 0.15) is 0 Å². The molecule has 0 saturated carbocycles. The molecule has 0 spiro atoms. The molecule has 0 aliphatic carbocycles. The molecule has 2 aromatic carbocycles. The van der Waals surface area contributed by atoms with E-state index in [1.807, 2.05) is 12.1 Å². The number of hydrogen-bond acceptors (Lipinski definition) is 4. The van der Waals surface area contributed by atoms with Crippen LogP contribution in [0.1, 0.15) is 11.6 Å². The largest absolute Gasteiger partial charge is 0.376 e. The lowest BCUT2D eigenvalue weighted by Crippen LogP contribution is -2.10. The number of nitrogens with one attached hydrogen (secondary N) is 1. The van der Waals surface area contributed by atoms with Gasteiger partial charge in [-0.2, -0.15) is 0 Å². The van der Waals surface area contributed by atoms with E-state index in [9.17, 15) is 8.42 Å². The lowest BCUT2D eigenvalue weighted by atomic mass is 10.1. The summed E-state index contributed by atoms with van der Waals surface area (Å²) < 4.78 is 23.3. The maximum atomic E-state index is 11.7. The molecule has 1 atom stereocenters.